The number of hydrogen-bond acceptors (Lipinski definition) is 3. The van der Waals surface area contributed by atoms with Crippen LogP contribution in [-0.4, -0.2) is 45.9 Å². The minimum atomic E-state index is -0.151. The standard InChI is InChI=1S/C18H25FN4/c1-3-18-20-14(2)17(21-18)13-23-9-7-22(8-10-23)12-15-5-4-6-16(19)11-15/h4-6,11H,3,7-10,12-13H2,1-2H3,(H,20,21). The molecule has 1 aliphatic rings. The maximum atomic E-state index is 13.3. The summed E-state index contributed by atoms with van der Waals surface area (Å²) < 4.78 is 13.3. The maximum absolute atomic E-state index is 13.3. The molecule has 0 bridgehead atoms. The van der Waals surface area contributed by atoms with Crippen molar-refractivity contribution >= 4 is 0 Å². The number of benzene rings is 1. The van der Waals surface area contributed by atoms with Crippen LogP contribution in [0, 0.1) is 12.7 Å². The SMILES string of the molecule is CCc1nc(CN2CCN(Cc3cccc(F)c3)CC2)c(C)[nH]1. The third kappa shape index (κ3) is 4.18. The highest BCUT2D eigenvalue weighted by atomic mass is 19.1. The van der Waals surface area contributed by atoms with Gasteiger partial charge in [0.2, 0.25) is 0 Å². The van der Waals surface area contributed by atoms with Gasteiger partial charge in [-0.3, -0.25) is 9.80 Å². The van der Waals surface area contributed by atoms with Gasteiger partial charge in [0.25, 0.3) is 0 Å². The molecule has 2 heterocycles. The van der Waals surface area contributed by atoms with Crippen molar-refractivity contribution in [1.82, 2.24) is 19.8 Å². The zero-order valence-electron chi connectivity index (χ0n) is 14.0. The molecule has 1 saturated heterocycles. The van der Waals surface area contributed by atoms with Crippen LogP contribution in [0.15, 0.2) is 24.3 Å². The predicted molar refractivity (Wildman–Crippen MR) is 89.7 cm³/mol. The molecule has 124 valence electrons. The first kappa shape index (κ1) is 16.1. The lowest BCUT2D eigenvalue weighted by Gasteiger charge is -2.34. The molecule has 0 atom stereocenters. The Kier molecular flexibility index (Phi) is 5.08. The third-order valence-electron chi connectivity index (χ3n) is 4.50. The molecule has 1 N–H and O–H groups in total. The van der Waals surface area contributed by atoms with Crippen LogP contribution >= 0.6 is 0 Å². The van der Waals surface area contributed by atoms with Crippen molar-refractivity contribution in [1.29, 1.82) is 0 Å². The zero-order valence-corrected chi connectivity index (χ0v) is 14.0. The van der Waals surface area contributed by atoms with Crippen molar-refractivity contribution < 1.29 is 4.39 Å². The molecule has 1 fully saturated rings. The molecule has 0 aliphatic carbocycles. The number of aromatic amines is 1. The van der Waals surface area contributed by atoms with E-state index in [0.717, 1.165) is 57.1 Å². The topological polar surface area (TPSA) is 35.2 Å². The Balaban J connectivity index is 1.51. The van der Waals surface area contributed by atoms with Gasteiger partial charge in [0.15, 0.2) is 0 Å². The summed E-state index contributed by atoms with van der Waals surface area (Å²) in [5.74, 6) is 0.920. The smallest absolute Gasteiger partial charge is 0.123 e. The highest BCUT2D eigenvalue weighted by Gasteiger charge is 2.19. The molecule has 1 aromatic heterocycles. The normalized spacial score (nSPS) is 16.8. The van der Waals surface area contributed by atoms with E-state index in [-0.39, 0.29) is 5.82 Å². The van der Waals surface area contributed by atoms with Crippen LogP contribution in [0.2, 0.25) is 0 Å². The first-order chi connectivity index (χ1) is 11.1. The molecule has 5 heteroatoms. The lowest BCUT2D eigenvalue weighted by molar-refractivity contribution is 0.121. The first-order valence-corrected chi connectivity index (χ1v) is 8.37. The number of hydrogen-bond donors (Lipinski definition) is 1. The van der Waals surface area contributed by atoms with Gasteiger partial charge >= 0.3 is 0 Å². The highest BCUT2D eigenvalue weighted by Crippen LogP contribution is 2.13. The van der Waals surface area contributed by atoms with E-state index in [4.69, 9.17) is 0 Å². The number of nitrogens with zero attached hydrogens (tertiary/aromatic N) is 3. The molecular weight excluding hydrogens is 291 g/mol. The fourth-order valence-electron chi connectivity index (χ4n) is 3.10. The van der Waals surface area contributed by atoms with Gasteiger partial charge in [-0.25, -0.2) is 9.37 Å². The number of imidazole rings is 1. The van der Waals surface area contributed by atoms with Crippen LogP contribution in [0.3, 0.4) is 0 Å². The summed E-state index contributed by atoms with van der Waals surface area (Å²) in [4.78, 5) is 12.9. The Bertz CT molecular complexity index is 644. The van der Waals surface area contributed by atoms with Gasteiger partial charge in [0.1, 0.15) is 11.6 Å². The van der Waals surface area contributed by atoms with Crippen LogP contribution in [0.1, 0.15) is 29.7 Å². The van der Waals surface area contributed by atoms with Gasteiger partial charge in [0.05, 0.1) is 5.69 Å². The maximum Gasteiger partial charge on any atom is 0.123 e. The molecule has 0 saturated carbocycles. The van der Waals surface area contributed by atoms with E-state index in [0.29, 0.717) is 0 Å². The van der Waals surface area contributed by atoms with E-state index in [1.54, 1.807) is 12.1 Å². The molecule has 0 amide bonds. The molecule has 0 radical (unpaired) electrons. The van der Waals surface area contributed by atoms with E-state index in [1.165, 1.54) is 17.5 Å². The van der Waals surface area contributed by atoms with Crippen molar-refractivity contribution in [3.63, 3.8) is 0 Å². The van der Waals surface area contributed by atoms with Crippen LogP contribution in [0.5, 0.6) is 0 Å². The molecule has 4 nitrogen and oxygen atoms in total. The molecule has 0 unspecified atom stereocenters. The second kappa shape index (κ2) is 7.23. The predicted octanol–water partition coefficient (Wildman–Crippen LogP) is 2.74. The lowest BCUT2D eigenvalue weighted by atomic mass is 10.2. The van der Waals surface area contributed by atoms with Crippen LogP contribution < -0.4 is 0 Å². The number of nitrogens with one attached hydrogen (secondary N) is 1. The number of H-pyrrole nitrogens is 1. The van der Waals surface area contributed by atoms with Crippen molar-refractivity contribution in [3.05, 3.63) is 52.9 Å². The number of piperazine rings is 1. The van der Waals surface area contributed by atoms with Gasteiger partial charge < -0.3 is 4.98 Å². The van der Waals surface area contributed by atoms with Gasteiger partial charge in [-0.1, -0.05) is 19.1 Å². The minimum absolute atomic E-state index is 0.151. The summed E-state index contributed by atoms with van der Waals surface area (Å²) in [6, 6.07) is 6.91. The third-order valence-corrected chi connectivity index (χ3v) is 4.50. The Hall–Kier alpha value is -1.72. The van der Waals surface area contributed by atoms with Crippen LogP contribution in [0.4, 0.5) is 4.39 Å². The van der Waals surface area contributed by atoms with Gasteiger partial charge in [-0.05, 0) is 24.6 Å². The van der Waals surface area contributed by atoms with Gasteiger partial charge in [-0.2, -0.15) is 0 Å². The largest absolute Gasteiger partial charge is 0.346 e. The first-order valence-electron chi connectivity index (χ1n) is 8.37. The number of halogens is 1. The lowest BCUT2D eigenvalue weighted by Crippen LogP contribution is -2.45. The molecule has 1 aliphatic heterocycles. The minimum Gasteiger partial charge on any atom is -0.346 e. The fraction of sp³-hybridized carbons (Fsp3) is 0.500. The Morgan fingerprint density at radius 1 is 1.13 bits per heavy atom. The molecule has 1 aromatic carbocycles. The summed E-state index contributed by atoms with van der Waals surface area (Å²) in [5.41, 5.74) is 3.40. The molecule has 23 heavy (non-hydrogen) atoms. The molecule has 0 spiro atoms. The van der Waals surface area contributed by atoms with Crippen molar-refractivity contribution in [2.45, 2.75) is 33.4 Å². The number of aryl methyl sites for hydroxylation is 2. The summed E-state index contributed by atoms with van der Waals surface area (Å²) in [7, 11) is 0. The second-order valence-electron chi connectivity index (χ2n) is 6.29. The molecular formula is C18H25FN4. The summed E-state index contributed by atoms with van der Waals surface area (Å²) in [5, 5.41) is 0. The van der Waals surface area contributed by atoms with Gasteiger partial charge in [0, 0.05) is 51.4 Å². The number of aromatic nitrogens is 2. The monoisotopic (exact) mass is 316 g/mol. The quantitative estimate of drug-likeness (QED) is 0.921. The average molecular weight is 316 g/mol. The molecule has 2 aromatic rings. The Morgan fingerprint density at radius 3 is 2.43 bits per heavy atom. The van der Waals surface area contributed by atoms with Crippen molar-refractivity contribution in [3.8, 4) is 0 Å². The van der Waals surface area contributed by atoms with E-state index >= 15 is 0 Å². The highest BCUT2D eigenvalue weighted by molar-refractivity contribution is 5.16. The van der Waals surface area contributed by atoms with E-state index in [9.17, 15) is 4.39 Å². The second-order valence-corrected chi connectivity index (χ2v) is 6.29. The average Bonchev–Trinajstić information content (AvgIpc) is 2.89. The zero-order chi connectivity index (χ0) is 16.2. The summed E-state index contributed by atoms with van der Waals surface area (Å²) >= 11 is 0. The van der Waals surface area contributed by atoms with Crippen LogP contribution in [-0.2, 0) is 19.5 Å². The van der Waals surface area contributed by atoms with Gasteiger partial charge in [-0.15, -0.1) is 0 Å². The van der Waals surface area contributed by atoms with E-state index in [1.807, 2.05) is 6.07 Å². The summed E-state index contributed by atoms with van der Waals surface area (Å²) in [6.07, 6.45) is 0.947. The fourth-order valence-corrected chi connectivity index (χ4v) is 3.10. The Labute approximate surface area is 137 Å². The van der Waals surface area contributed by atoms with Crippen molar-refractivity contribution in [2.24, 2.45) is 0 Å². The van der Waals surface area contributed by atoms with E-state index in [2.05, 4.69) is 33.6 Å². The van der Waals surface area contributed by atoms with Crippen molar-refractivity contribution in [2.75, 3.05) is 26.2 Å². The van der Waals surface area contributed by atoms with E-state index < -0.39 is 0 Å². The van der Waals surface area contributed by atoms with Crippen LogP contribution in [0.25, 0.3) is 0 Å². The summed E-state index contributed by atoms with van der Waals surface area (Å²) in [6.45, 7) is 10.0. The number of rotatable bonds is 5. The Morgan fingerprint density at radius 2 is 1.83 bits per heavy atom. The molecule has 3 rings (SSSR count).